The molecule has 1 aliphatic heterocycles. The van der Waals surface area contributed by atoms with E-state index in [9.17, 15) is 0 Å². The first kappa shape index (κ1) is 10.0. The normalized spacial score (nSPS) is 17.1. The Morgan fingerprint density at radius 3 is 2.71 bits per heavy atom. The largest absolute Gasteiger partial charge is 0.378 e. The number of halogens is 2. The summed E-state index contributed by atoms with van der Waals surface area (Å²) in [7, 11) is 0. The van der Waals surface area contributed by atoms with Crippen LogP contribution in [0.3, 0.4) is 0 Å². The third kappa shape index (κ3) is 2.11. The predicted molar refractivity (Wildman–Crippen MR) is 57.3 cm³/mol. The molecule has 1 aromatic heterocycles. The van der Waals surface area contributed by atoms with Crippen LogP contribution < -0.4 is 4.90 Å². The zero-order valence-corrected chi connectivity index (χ0v) is 9.05. The number of aromatic nitrogens is 1. The first-order valence-electron chi connectivity index (χ1n) is 4.41. The SMILES string of the molecule is Clc1cnc(Cl)c(N2CCOCC2)c1. The third-order valence-corrected chi connectivity index (χ3v) is 2.64. The third-order valence-electron chi connectivity index (χ3n) is 2.14. The maximum atomic E-state index is 5.98. The lowest BCUT2D eigenvalue weighted by Gasteiger charge is -2.29. The number of anilines is 1. The fourth-order valence-electron chi connectivity index (χ4n) is 1.44. The molecule has 1 saturated heterocycles. The highest BCUT2D eigenvalue weighted by Gasteiger charge is 2.14. The lowest BCUT2D eigenvalue weighted by Crippen LogP contribution is -2.36. The molecule has 0 aromatic carbocycles. The van der Waals surface area contributed by atoms with Crippen LogP contribution in [0.4, 0.5) is 5.69 Å². The van der Waals surface area contributed by atoms with E-state index in [0.717, 1.165) is 32.0 Å². The Labute approximate surface area is 92.6 Å². The maximum Gasteiger partial charge on any atom is 0.152 e. The van der Waals surface area contributed by atoms with E-state index in [-0.39, 0.29) is 0 Å². The topological polar surface area (TPSA) is 25.4 Å². The minimum atomic E-state index is 0.497. The molecular formula is C9H10Cl2N2O. The van der Waals surface area contributed by atoms with Crippen molar-refractivity contribution in [1.29, 1.82) is 0 Å². The molecule has 0 N–H and O–H groups in total. The van der Waals surface area contributed by atoms with Crippen LogP contribution in [0.2, 0.25) is 10.2 Å². The molecule has 5 heteroatoms. The van der Waals surface area contributed by atoms with E-state index in [1.54, 1.807) is 6.20 Å². The second-order valence-corrected chi connectivity index (χ2v) is 3.86. The molecule has 0 bridgehead atoms. The van der Waals surface area contributed by atoms with Gasteiger partial charge in [0, 0.05) is 19.3 Å². The number of hydrogen-bond acceptors (Lipinski definition) is 3. The van der Waals surface area contributed by atoms with Crippen molar-refractivity contribution < 1.29 is 4.74 Å². The first-order chi connectivity index (χ1) is 6.77. The number of nitrogens with zero attached hydrogens (tertiary/aromatic N) is 2. The molecule has 76 valence electrons. The highest BCUT2D eigenvalue weighted by atomic mass is 35.5. The quantitative estimate of drug-likeness (QED) is 0.695. The van der Waals surface area contributed by atoms with Gasteiger partial charge in [0.1, 0.15) is 0 Å². The number of pyridine rings is 1. The van der Waals surface area contributed by atoms with E-state index in [4.69, 9.17) is 27.9 Å². The summed E-state index contributed by atoms with van der Waals surface area (Å²) in [6, 6.07) is 1.84. The molecule has 0 aliphatic carbocycles. The summed E-state index contributed by atoms with van der Waals surface area (Å²) in [6.07, 6.45) is 1.55. The summed E-state index contributed by atoms with van der Waals surface area (Å²) in [5, 5.41) is 1.10. The van der Waals surface area contributed by atoms with Crippen molar-refractivity contribution in [3.8, 4) is 0 Å². The Hall–Kier alpha value is -0.510. The van der Waals surface area contributed by atoms with E-state index in [0.29, 0.717) is 10.2 Å². The lowest BCUT2D eigenvalue weighted by molar-refractivity contribution is 0.122. The number of ether oxygens (including phenoxy) is 1. The van der Waals surface area contributed by atoms with Gasteiger partial charge in [0.15, 0.2) is 5.15 Å². The van der Waals surface area contributed by atoms with Gasteiger partial charge in [-0.15, -0.1) is 0 Å². The molecule has 2 heterocycles. The minimum absolute atomic E-state index is 0.497. The van der Waals surface area contributed by atoms with E-state index in [2.05, 4.69) is 9.88 Å². The molecule has 0 atom stereocenters. The second-order valence-electron chi connectivity index (χ2n) is 3.06. The summed E-state index contributed by atoms with van der Waals surface area (Å²) >= 11 is 11.8. The Bertz CT molecular complexity index is 327. The molecule has 3 nitrogen and oxygen atoms in total. The van der Waals surface area contributed by atoms with E-state index in [1.165, 1.54) is 0 Å². The van der Waals surface area contributed by atoms with Crippen molar-refractivity contribution in [3.05, 3.63) is 22.4 Å². The molecule has 1 aliphatic rings. The standard InChI is InChI=1S/C9H10Cl2N2O/c10-7-5-8(9(11)12-6-7)13-1-3-14-4-2-13/h5-6H,1-4H2. The van der Waals surface area contributed by atoms with Crippen LogP contribution in [0.15, 0.2) is 12.3 Å². The summed E-state index contributed by atoms with van der Waals surface area (Å²) < 4.78 is 5.25. The Kier molecular flexibility index (Phi) is 3.11. The molecule has 1 aromatic rings. The molecule has 0 spiro atoms. The zero-order chi connectivity index (χ0) is 9.97. The molecule has 0 unspecified atom stereocenters. The van der Waals surface area contributed by atoms with E-state index in [1.807, 2.05) is 6.07 Å². The van der Waals surface area contributed by atoms with Crippen molar-refractivity contribution in [3.63, 3.8) is 0 Å². The van der Waals surface area contributed by atoms with Gasteiger partial charge in [-0.25, -0.2) is 4.98 Å². The van der Waals surface area contributed by atoms with Gasteiger partial charge in [-0.3, -0.25) is 0 Å². The van der Waals surface area contributed by atoms with Crippen LogP contribution in [0.5, 0.6) is 0 Å². The van der Waals surface area contributed by atoms with Crippen molar-refractivity contribution in [2.45, 2.75) is 0 Å². The van der Waals surface area contributed by atoms with E-state index >= 15 is 0 Å². The lowest BCUT2D eigenvalue weighted by atomic mass is 10.3. The number of hydrogen-bond donors (Lipinski definition) is 0. The molecule has 0 amide bonds. The minimum Gasteiger partial charge on any atom is -0.378 e. The summed E-state index contributed by atoms with van der Waals surface area (Å²) in [6.45, 7) is 3.12. The van der Waals surface area contributed by atoms with Gasteiger partial charge in [-0.2, -0.15) is 0 Å². The molecule has 14 heavy (non-hydrogen) atoms. The molecular weight excluding hydrogens is 223 g/mol. The number of rotatable bonds is 1. The van der Waals surface area contributed by atoms with Crippen LogP contribution in [0, 0.1) is 0 Å². The Balaban J connectivity index is 2.24. The molecule has 0 radical (unpaired) electrons. The fourth-order valence-corrected chi connectivity index (χ4v) is 1.81. The summed E-state index contributed by atoms with van der Waals surface area (Å²) in [5.74, 6) is 0. The highest BCUT2D eigenvalue weighted by Crippen LogP contribution is 2.26. The second kappa shape index (κ2) is 4.34. The Morgan fingerprint density at radius 2 is 2.00 bits per heavy atom. The fraction of sp³-hybridized carbons (Fsp3) is 0.444. The maximum absolute atomic E-state index is 5.98. The van der Waals surface area contributed by atoms with Crippen molar-refractivity contribution >= 4 is 28.9 Å². The average Bonchev–Trinajstić information content (AvgIpc) is 2.23. The van der Waals surface area contributed by atoms with E-state index < -0.39 is 0 Å². The average molecular weight is 233 g/mol. The zero-order valence-electron chi connectivity index (χ0n) is 7.54. The van der Waals surface area contributed by atoms with Crippen LogP contribution in [0.1, 0.15) is 0 Å². The van der Waals surface area contributed by atoms with Gasteiger partial charge in [-0.1, -0.05) is 23.2 Å². The van der Waals surface area contributed by atoms with Crippen LogP contribution >= 0.6 is 23.2 Å². The number of morpholine rings is 1. The monoisotopic (exact) mass is 232 g/mol. The van der Waals surface area contributed by atoms with Gasteiger partial charge < -0.3 is 9.64 Å². The predicted octanol–water partition coefficient (Wildman–Crippen LogP) is 2.22. The summed E-state index contributed by atoms with van der Waals surface area (Å²) in [4.78, 5) is 6.13. The summed E-state index contributed by atoms with van der Waals surface area (Å²) in [5.41, 5.74) is 0.891. The first-order valence-corrected chi connectivity index (χ1v) is 5.17. The van der Waals surface area contributed by atoms with Crippen molar-refractivity contribution in [2.24, 2.45) is 0 Å². The van der Waals surface area contributed by atoms with Gasteiger partial charge in [-0.05, 0) is 6.07 Å². The molecule has 1 fully saturated rings. The highest BCUT2D eigenvalue weighted by molar-refractivity contribution is 6.34. The Morgan fingerprint density at radius 1 is 1.29 bits per heavy atom. The smallest absolute Gasteiger partial charge is 0.152 e. The van der Waals surface area contributed by atoms with Gasteiger partial charge in [0.2, 0.25) is 0 Å². The van der Waals surface area contributed by atoms with Crippen molar-refractivity contribution in [2.75, 3.05) is 31.2 Å². The van der Waals surface area contributed by atoms with Crippen molar-refractivity contribution in [1.82, 2.24) is 4.98 Å². The van der Waals surface area contributed by atoms with Crippen LogP contribution in [-0.2, 0) is 4.74 Å². The molecule has 0 saturated carbocycles. The van der Waals surface area contributed by atoms with Crippen LogP contribution in [-0.4, -0.2) is 31.3 Å². The molecule has 2 rings (SSSR count). The van der Waals surface area contributed by atoms with Gasteiger partial charge >= 0.3 is 0 Å². The van der Waals surface area contributed by atoms with Gasteiger partial charge in [0.25, 0.3) is 0 Å². The van der Waals surface area contributed by atoms with Crippen LogP contribution in [0.25, 0.3) is 0 Å². The van der Waals surface area contributed by atoms with Gasteiger partial charge in [0.05, 0.1) is 23.9 Å².